The van der Waals surface area contributed by atoms with Crippen LogP contribution in [0.1, 0.15) is 37.8 Å². The minimum atomic E-state index is 0.141. The molecule has 1 aliphatic carbocycles. The van der Waals surface area contributed by atoms with E-state index in [-0.39, 0.29) is 5.54 Å². The van der Waals surface area contributed by atoms with Gasteiger partial charge in [0.1, 0.15) is 0 Å². The normalized spacial score (nSPS) is 18.1. The lowest BCUT2D eigenvalue weighted by Crippen LogP contribution is -2.42. The molecule has 3 aromatic rings. The molecule has 5 rings (SSSR count). The zero-order valence-corrected chi connectivity index (χ0v) is 17.7. The van der Waals surface area contributed by atoms with Gasteiger partial charge >= 0.3 is 0 Å². The predicted molar refractivity (Wildman–Crippen MR) is 116 cm³/mol. The van der Waals surface area contributed by atoms with Crippen LogP contribution in [0.15, 0.2) is 51.4 Å². The third-order valence-corrected chi connectivity index (χ3v) is 6.91. The number of rotatable bonds is 0. The monoisotopic (exact) mass is 470 g/mol. The fourth-order valence-electron chi connectivity index (χ4n) is 4.62. The lowest BCUT2D eigenvalue weighted by atomic mass is 9.78. The molecule has 1 spiro atoms. The number of hydrogen-bond acceptors (Lipinski definition) is 2. The molecule has 132 valence electrons. The second kappa shape index (κ2) is 6.35. The Hall–Kier alpha value is -1.39. The highest BCUT2D eigenvalue weighted by Gasteiger charge is 2.36. The Balaban J connectivity index is 1.78. The molecule has 1 aliphatic heterocycles. The molecule has 1 saturated carbocycles. The van der Waals surface area contributed by atoms with E-state index in [0.717, 1.165) is 20.9 Å². The first-order chi connectivity index (χ1) is 12.6. The van der Waals surface area contributed by atoms with Gasteiger partial charge in [0.15, 0.2) is 0 Å². The second-order valence-electron chi connectivity index (χ2n) is 7.63. The number of nitrogens with one attached hydrogen (secondary N) is 1. The van der Waals surface area contributed by atoms with Gasteiger partial charge in [-0.2, -0.15) is 0 Å². The minimum Gasteiger partial charge on any atom is -0.379 e. The zero-order chi connectivity index (χ0) is 17.7. The van der Waals surface area contributed by atoms with Crippen LogP contribution in [0, 0.1) is 0 Å². The quantitative estimate of drug-likeness (QED) is 0.378. The molecule has 2 nitrogen and oxygen atoms in total. The number of aromatic nitrogens is 1. The summed E-state index contributed by atoms with van der Waals surface area (Å²) in [7, 11) is 0. The van der Waals surface area contributed by atoms with Crippen LogP contribution in [0.5, 0.6) is 0 Å². The van der Waals surface area contributed by atoms with Crippen molar-refractivity contribution in [2.24, 2.45) is 0 Å². The maximum Gasteiger partial charge on any atom is 0.0848 e. The molecule has 2 heterocycles. The van der Waals surface area contributed by atoms with Crippen molar-refractivity contribution < 1.29 is 0 Å². The number of anilines is 1. The zero-order valence-electron chi connectivity index (χ0n) is 14.5. The number of hydrogen-bond donors (Lipinski definition) is 1. The van der Waals surface area contributed by atoms with Crippen molar-refractivity contribution in [3.63, 3.8) is 0 Å². The molecule has 0 radical (unpaired) electrons. The Morgan fingerprint density at radius 1 is 0.923 bits per heavy atom. The molecule has 0 atom stereocenters. The Morgan fingerprint density at radius 2 is 1.73 bits per heavy atom. The largest absolute Gasteiger partial charge is 0.379 e. The summed E-state index contributed by atoms with van der Waals surface area (Å²) in [5.41, 5.74) is 6.21. The summed E-state index contributed by atoms with van der Waals surface area (Å²) in [6.07, 6.45) is 7.39. The number of pyridine rings is 1. The summed E-state index contributed by atoms with van der Waals surface area (Å²) in [4.78, 5) is 5.16. The van der Waals surface area contributed by atoms with Crippen molar-refractivity contribution in [3.05, 3.63) is 57.1 Å². The number of nitrogens with zero attached hydrogens (tertiary/aromatic N) is 1. The van der Waals surface area contributed by atoms with Crippen molar-refractivity contribution in [1.29, 1.82) is 0 Å². The fourth-order valence-corrected chi connectivity index (χ4v) is 5.97. The SMILES string of the molecule is Brc1cc(Br)c2nc3c(cc2c1)-c1ccccc1NC1(CCCCC1)C3. The van der Waals surface area contributed by atoms with Gasteiger partial charge in [0.25, 0.3) is 0 Å². The number of benzene rings is 2. The van der Waals surface area contributed by atoms with Gasteiger partial charge in [-0.25, -0.2) is 0 Å². The Labute approximate surface area is 170 Å². The summed E-state index contributed by atoms with van der Waals surface area (Å²) in [5.74, 6) is 0. The molecular weight excluding hydrogens is 452 g/mol. The average Bonchev–Trinajstić information content (AvgIpc) is 2.75. The van der Waals surface area contributed by atoms with Gasteiger partial charge in [-0.15, -0.1) is 0 Å². The minimum absolute atomic E-state index is 0.141. The van der Waals surface area contributed by atoms with E-state index in [1.807, 2.05) is 0 Å². The van der Waals surface area contributed by atoms with Crippen molar-refractivity contribution in [3.8, 4) is 11.1 Å². The van der Waals surface area contributed by atoms with Crippen LogP contribution in [0.4, 0.5) is 5.69 Å². The van der Waals surface area contributed by atoms with E-state index >= 15 is 0 Å². The van der Waals surface area contributed by atoms with Gasteiger partial charge in [0, 0.05) is 43.1 Å². The van der Waals surface area contributed by atoms with Crippen LogP contribution in [-0.4, -0.2) is 10.5 Å². The topological polar surface area (TPSA) is 24.9 Å². The van der Waals surface area contributed by atoms with E-state index in [9.17, 15) is 0 Å². The molecule has 0 unspecified atom stereocenters. The van der Waals surface area contributed by atoms with Crippen LogP contribution >= 0.6 is 31.9 Å². The van der Waals surface area contributed by atoms with E-state index in [4.69, 9.17) is 4.98 Å². The van der Waals surface area contributed by atoms with E-state index in [0.29, 0.717) is 0 Å². The van der Waals surface area contributed by atoms with Gasteiger partial charge in [-0.1, -0.05) is 53.4 Å². The average molecular weight is 472 g/mol. The van der Waals surface area contributed by atoms with Crippen LogP contribution in [-0.2, 0) is 6.42 Å². The lowest BCUT2D eigenvalue weighted by molar-refractivity contribution is 0.320. The highest BCUT2D eigenvalue weighted by molar-refractivity contribution is 9.11. The van der Waals surface area contributed by atoms with Gasteiger partial charge in [-0.3, -0.25) is 4.98 Å². The Bertz CT molecular complexity index is 1010. The van der Waals surface area contributed by atoms with Gasteiger partial charge < -0.3 is 5.32 Å². The molecular formula is C22H20Br2N2. The molecule has 2 aromatic carbocycles. The maximum absolute atomic E-state index is 5.16. The second-order valence-corrected chi connectivity index (χ2v) is 9.40. The van der Waals surface area contributed by atoms with Crippen molar-refractivity contribution in [2.75, 3.05) is 5.32 Å². The molecule has 0 bridgehead atoms. The first-order valence-corrected chi connectivity index (χ1v) is 10.9. The smallest absolute Gasteiger partial charge is 0.0848 e. The van der Waals surface area contributed by atoms with Gasteiger partial charge in [0.05, 0.1) is 11.2 Å². The summed E-state index contributed by atoms with van der Waals surface area (Å²) >= 11 is 7.32. The summed E-state index contributed by atoms with van der Waals surface area (Å²) < 4.78 is 2.12. The summed E-state index contributed by atoms with van der Waals surface area (Å²) in [5, 5.41) is 5.11. The molecule has 2 aliphatic rings. The summed E-state index contributed by atoms with van der Waals surface area (Å²) in [6.45, 7) is 0. The van der Waals surface area contributed by atoms with E-state index in [2.05, 4.69) is 79.6 Å². The van der Waals surface area contributed by atoms with Crippen molar-refractivity contribution >= 4 is 48.5 Å². The van der Waals surface area contributed by atoms with Gasteiger partial charge in [0.2, 0.25) is 0 Å². The van der Waals surface area contributed by atoms with Crippen LogP contribution in [0.3, 0.4) is 0 Å². The number of fused-ring (bicyclic) bond motifs is 4. The molecule has 1 N–H and O–H groups in total. The molecule has 4 heteroatoms. The molecule has 0 amide bonds. The molecule has 1 fully saturated rings. The van der Waals surface area contributed by atoms with Crippen LogP contribution in [0.2, 0.25) is 0 Å². The first kappa shape index (κ1) is 16.8. The van der Waals surface area contributed by atoms with E-state index < -0.39 is 0 Å². The summed E-state index contributed by atoms with van der Waals surface area (Å²) in [6, 6.07) is 15.3. The third kappa shape index (κ3) is 2.78. The third-order valence-electron chi connectivity index (χ3n) is 5.85. The standard InChI is InChI=1S/C22H20Br2N2/c23-15-10-14-11-17-16-6-2-3-7-19(16)26-22(8-4-1-5-9-22)13-20(17)25-21(14)18(24)12-15/h2-3,6-7,10-12,26H,1,4-5,8-9,13H2. The number of para-hydroxylation sites is 1. The number of halogens is 2. The van der Waals surface area contributed by atoms with Crippen LogP contribution < -0.4 is 5.32 Å². The van der Waals surface area contributed by atoms with Crippen LogP contribution in [0.25, 0.3) is 22.0 Å². The Morgan fingerprint density at radius 3 is 2.58 bits per heavy atom. The maximum atomic E-state index is 5.16. The van der Waals surface area contributed by atoms with Crippen molar-refractivity contribution in [2.45, 2.75) is 44.1 Å². The molecule has 1 aromatic heterocycles. The fraction of sp³-hybridized carbons (Fsp3) is 0.318. The lowest BCUT2D eigenvalue weighted by Gasteiger charge is -2.38. The molecule has 0 saturated heterocycles. The predicted octanol–water partition coefficient (Wildman–Crippen LogP) is 7.10. The van der Waals surface area contributed by atoms with E-state index in [1.54, 1.807) is 0 Å². The van der Waals surface area contributed by atoms with Crippen molar-refractivity contribution in [1.82, 2.24) is 4.98 Å². The highest BCUT2D eigenvalue weighted by atomic mass is 79.9. The molecule has 26 heavy (non-hydrogen) atoms. The first-order valence-electron chi connectivity index (χ1n) is 9.30. The van der Waals surface area contributed by atoms with Gasteiger partial charge in [-0.05, 0) is 53.0 Å². The highest BCUT2D eigenvalue weighted by Crippen LogP contribution is 2.44. The Kier molecular flexibility index (Phi) is 4.09. The van der Waals surface area contributed by atoms with E-state index in [1.165, 1.54) is 60.0 Å².